The van der Waals surface area contributed by atoms with Crippen LogP contribution in [0.5, 0.6) is 0 Å². The van der Waals surface area contributed by atoms with E-state index in [9.17, 15) is 24.2 Å². The molecule has 0 bridgehead atoms. The van der Waals surface area contributed by atoms with Crippen LogP contribution in [0.4, 0.5) is 11.6 Å². The van der Waals surface area contributed by atoms with Crippen molar-refractivity contribution >= 4 is 49.6 Å². The largest absolute Gasteiger partial charge is 0.387 e. The quantitative estimate of drug-likeness (QED) is 0.163. The molecule has 6 N–H and O–H groups in total. The molecule has 0 saturated carbocycles. The van der Waals surface area contributed by atoms with E-state index in [4.69, 9.17) is 30.6 Å². The van der Waals surface area contributed by atoms with Crippen molar-refractivity contribution in [2.24, 2.45) is 0 Å². The first-order valence-electron chi connectivity index (χ1n) is 9.39. The molecule has 4 heterocycles. The highest BCUT2D eigenvalue weighted by Gasteiger charge is 2.45. The van der Waals surface area contributed by atoms with Gasteiger partial charge in [0.2, 0.25) is 5.28 Å². The van der Waals surface area contributed by atoms with Crippen LogP contribution in [0.3, 0.4) is 0 Å². The molecule has 0 radical (unpaired) electrons. The van der Waals surface area contributed by atoms with E-state index in [1.165, 1.54) is 29.5 Å². The summed E-state index contributed by atoms with van der Waals surface area (Å²) >= 11 is 6.04. The summed E-state index contributed by atoms with van der Waals surface area (Å²) in [7, 11) is -9.52. The topological polar surface area (TPSA) is 235 Å². The van der Waals surface area contributed by atoms with Crippen molar-refractivity contribution in [1.82, 2.24) is 29.5 Å². The number of rotatable bonds is 8. The normalized spacial score (nSPS) is 24.9. The van der Waals surface area contributed by atoms with E-state index >= 15 is 0 Å². The maximum absolute atomic E-state index is 11.9. The number of nitrogens with one attached hydrogen (secondary N) is 1. The molecule has 4 rings (SSSR count). The lowest BCUT2D eigenvalue weighted by Gasteiger charge is -2.18. The van der Waals surface area contributed by atoms with Crippen LogP contribution in [0.15, 0.2) is 24.9 Å². The fraction of sp³-hybridized carbons (Fsp3) is 0.400. The van der Waals surface area contributed by atoms with Gasteiger partial charge in [-0.3, -0.25) is 18.7 Å². The van der Waals surface area contributed by atoms with Crippen LogP contribution >= 0.6 is 26.8 Å². The van der Waals surface area contributed by atoms with Gasteiger partial charge in [0.05, 0.1) is 19.1 Å². The number of aromatic nitrogens is 6. The highest BCUT2D eigenvalue weighted by molar-refractivity contribution is 7.70. The number of hydrogen-bond acceptors (Lipinski definition) is 12. The molecule has 1 aliphatic heterocycles. The van der Waals surface area contributed by atoms with Crippen LogP contribution in [0.25, 0.3) is 11.2 Å². The van der Waals surface area contributed by atoms with Crippen LogP contribution in [0.1, 0.15) is 6.23 Å². The Morgan fingerprint density at radius 1 is 1.15 bits per heavy atom. The minimum absolute atomic E-state index is 0.124. The fourth-order valence-corrected chi connectivity index (χ4v) is 5.94. The van der Waals surface area contributed by atoms with Crippen LogP contribution < -0.4 is 5.32 Å². The number of nitrogens with zero attached hydrogens (tertiary/aromatic N) is 6. The molecule has 5 atom stereocenters. The number of aliphatic hydroxyl groups excluding tert-OH is 2. The molecule has 184 valence electrons. The van der Waals surface area contributed by atoms with Crippen molar-refractivity contribution in [3.05, 3.63) is 30.2 Å². The van der Waals surface area contributed by atoms with Gasteiger partial charge >= 0.3 is 15.2 Å². The summed E-state index contributed by atoms with van der Waals surface area (Å²) in [6.07, 6.45) is -0.0642. The molecule has 1 unspecified atom stereocenters. The van der Waals surface area contributed by atoms with Gasteiger partial charge in [0, 0.05) is 12.4 Å². The van der Waals surface area contributed by atoms with E-state index in [2.05, 4.69) is 30.2 Å². The number of aliphatic hydroxyl groups is 2. The second-order valence-electron chi connectivity index (χ2n) is 7.17. The first kappa shape index (κ1) is 25.0. The number of imidazole rings is 1. The molecule has 0 spiro atoms. The smallest absolute Gasteiger partial charge is 0.340 e. The Bertz CT molecular complexity index is 1280. The molecule has 19 heteroatoms. The average Bonchev–Trinajstić information content (AvgIpc) is 3.27. The van der Waals surface area contributed by atoms with Crippen molar-refractivity contribution in [3.63, 3.8) is 0 Å². The van der Waals surface area contributed by atoms with Gasteiger partial charge in [0.15, 0.2) is 29.1 Å². The third-order valence-corrected chi connectivity index (χ3v) is 8.24. The molecule has 3 aromatic rings. The lowest BCUT2D eigenvalue weighted by molar-refractivity contribution is -0.0483. The summed E-state index contributed by atoms with van der Waals surface area (Å²) < 4.78 is 34.4. The van der Waals surface area contributed by atoms with Gasteiger partial charge in [-0.05, 0) is 11.6 Å². The summed E-state index contributed by atoms with van der Waals surface area (Å²) in [6.45, 7) is -0.732. The number of hydrogen-bond donors (Lipinski definition) is 6. The number of anilines is 2. The second-order valence-corrected chi connectivity index (χ2v) is 11.5. The van der Waals surface area contributed by atoms with E-state index < -0.39 is 52.2 Å². The lowest BCUT2D eigenvalue weighted by Crippen LogP contribution is -2.33. The van der Waals surface area contributed by atoms with E-state index in [-0.39, 0.29) is 22.3 Å². The minimum Gasteiger partial charge on any atom is -0.387 e. The maximum atomic E-state index is 11.9. The molecular formula is C15H18ClN7O9P2. The Balaban J connectivity index is 1.56. The molecule has 1 aliphatic rings. The highest BCUT2D eigenvalue weighted by atomic mass is 35.5. The molecule has 16 nitrogen and oxygen atoms in total. The first-order chi connectivity index (χ1) is 15.9. The van der Waals surface area contributed by atoms with Crippen LogP contribution in [0, 0.1) is 0 Å². The predicted octanol–water partition coefficient (Wildman–Crippen LogP) is -0.0303. The van der Waals surface area contributed by atoms with Gasteiger partial charge in [-0.25, -0.2) is 9.97 Å². The van der Waals surface area contributed by atoms with Crippen molar-refractivity contribution < 1.29 is 43.3 Å². The van der Waals surface area contributed by atoms with Gasteiger partial charge in [-0.2, -0.15) is 9.97 Å². The molecule has 1 saturated heterocycles. The van der Waals surface area contributed by atoms with E-state index in [0.717, 1.165) is 0 Å². The Kier molecular flexibility index (Phi) is 6.99. The fourth-order valence-electron chi connectivity index (χ4n) is 3.21. The van der Waals surface area contributed by atoms with Crippen molar-refractivity contribution in [2.45, 2.75) is 24.5 Å². The summed E-state index contributed by atoms with van der Waals surface area (Å²) in [5.41, 5.74) is 0.347. The predicted molar refractivity (Wildman–Crippen MR) is 114 cm³/mol. The number of ether oxygens (including phenoxy) is 1. The molecule has 0 amide bonds. The SMILES string of the molecule is O=P(O)(O)CP(=O)(O)OC[C@H]1O[C@@H](n2cnc3c(Nc4cnccn4)nc(Cl)nc32)[C@@H](O)[C@H]1O. The van der Waals surface area contributed by atoms with Gasteiger partial charge in [-0.15, -0.1) is 0 Å². The van der Waals surface area contributed by atoms with Gasteiger partial charge in [0.25, 0.3) is 0 Å². The standard InChI is InChI=1S/C15H18ClN7O9P2/c16-15-21-12(20-8-3-17-1-2-18-8)9-13(22-15)23(5-19-9)14-11(25)10(24)7(32-14)4-31-34(29,30)6-33(26,27)28/h1-3,5,7,10-11,14,24-25H,4,6H2,(H,29,30)(H2,26,27,28)(H,18,20,21,22)/t7-,10+,11+,14-/m1/s1. The third-order valence-electron chi connectivity index (χ3n) is 4.62. The molecule has 1 fully saturated rings. The summed E-state index contributed by atoms with van der Waals surface area (Å²) in [5, 5.41) is 23.6. The van der Waals surface area contributed by atoms with Crippen LogP contribution in [-0.4, -0.2) is 85.2 Å². The van der Waals surface area contributed by atoms with Crippen molar-refractivity contribution in [3.8, 4) is 0 Å². The Morgan fingerprint density at radius 2 is 1.91 bits per heavy atom. The van der Waals surface area contributed by atoms with Crippen LogP contribution in [0.2, 0.25) is 5.28 Å². The number of halogens is 1. The average molecular weight is 538 g/mol. The van der Waals surface area contributed by atoms with E-state index in [0.29, 0.717) is 5.82 Å². The van der Waals surface area contributed by atoms with E-state index in [1.54, 1.807) is 0 Å². The molecule has 34 heavy (non-hydrogen) atoms. The molecule has 0 aromatic carbocycles. The van der Waals surface area contributed by atoms with E-state index in [1.807, 2.05) is 0 Å². The monoisotopic (exact) mass is 537 g/mol. The first-order valence-corrected chi connectivity index (χ1v) is 13.3. The zero-order valence-electron chi connectivity index (χ0n) is 16.9. The van der Waals surface area contributed by atoms with Gasteiger partial charge in [-0.1, -0.05) is 0 Å². The Morgan fingerprint density at radius 3 is 2.59 bits per heavy atom. The summed E-state index contributed by atoms with van der Waals surface area (Å²) in [5.74, 6) is -0.875. The van der Waals surface area contributed by atoms with Crippen molar-refractivity contribution in [2.75, 3.05) is 17.8 Å². The third kappa shape index (κ3) is 5.58. The Labute approximate surface area is 195 Å². The number of fused-ring (bicyclic) bond motifs is 1. The summed E-state index contributed by atoms with van der Waals surface area (Å²) in [6, 6.07) is 0. The summed E-state index contributed by atoms with van der Waals surface area (Å²) in [4.78, 5) is 47.7. The molecular weight excluding hydrogens is 520 g/mol. The highest BCUT2D eigenvalue weighted by Crippen LogP contribution is 2.55. The maximum Gasteiger partial charge on any atom is 0.340 e. The van der Waals surface area contributed by atoms with Gasteiger partial charge < -0.3 is 39.5 Å². The molecule has 0 aliphatic carbocycles. The Hall–Kier alpha value is -2.10. The molecule has 3 aromatic heterocycles. The minimum atomic E-state index is -4.83. The van der Waals surface area contributed by atoms with Crippen LogP contribution in [-0.2, 0) is 18.4 Å². The van der Waals surface area contributed by atoms with Gasteiger partial charge in [0.1, 0.15) is 24.1 Å². The zero-order chi connectivity index (χ0) is 24.7. The van der Waals surface area contributed by atoms with Crippen molar-refractivity contribution in [1.29, 1.82) is 0 Å². The zero-order valence-corrected chi connectivity index (χ0v) is 19.4. The second kappa shape index (κ2) is 9.51. The lowest BCUT2D eigenvalue weighted by atomic mass is 10.1.